The maximum Gasteiger partial charge on any atom is 0.417 e. The topological polar surface area (TPSA) is 126 Å². The lowest BCUT2D eigenvalue weighted by Crippen LogP contribution is -2.30. The molecule has 1 aromatic heterocycles. The second kappa shape index (κ2) is 6.86. The molecule has 1 aliphatic rings. The molecule has 1 aliphatic heterocycles. The van der Waals surface area contributed by atoms with Crippen molar-refractivity contribution in [1.82, 2.24) is 20.2 Å². The number of nitrogens with zero attached hydrogens (tertiary/aromatic N) is 6. The summed E-state index contributed by atoms with van der Waals surface area (Å²) in [5.41, 5.74) is -1.29. The van der Waals surface area contributed by atoms with Gasteiger partial charge < -0.3 is 0 Å². The van der Waals surface area contributed by atoms with Crippen molar-refractivity contribution in [2.45, 2.75) is 36.1 Å². The average Bonchev–Trinajstić information content (AvgIpc) is 3.01. The van der Waals surface area contributed by atoms with Crippen LogP contribution in [0, 0.1) is 11.5 Å². The van der Waals surface area contributed by atoms with Gasteiger partial charge in [0, 0.05) is 17.9 Å². The van der Waals surface area contributed by atoms with Crippen molar-refractivity contribution in [1.29, 1.82) is 5.26 Å². The molecule has 0 radical (unpaired) electrons. The Morgan fingerprint density at radius 3 is 2.75 bits per heavy atom. The highest BCUT2D eigenvalue weighted by molar-refractivity contribution is 7.94. The van der Waals surface area contributed by atoms with Gasteiger partial charge >= 0.3 is 6.18 Å². The Morgan fingerprint density at radius 1 is 1.46 bits per heavy atom. The fourth-order valence-electron chi connectivity index (χ4n) is 3.06. The predicted octanol–water partition coefficient (Wildman–Crippen LogP) is 2.12. The molecule has 0 bridgehead atoms. The number of hydrogen-bond donors (Lipinski definition) is 1. The lowest BCUT2D eigenvalue weighted by Gasteiger charge is -2.29. The molecule has 13 heteroatoms. The summed E-state index contributed by atoms with van der Waals surface area (Å²) in [4.78, 5) is 12.1. The minimum absolute atomic E-state index is 0.00901. The van der Waals surface area contributed by atoms with Gasteiger partial charge in [-0.1, -0.05) is 5.10 Å². The predicted molar refractivity (Wildman–Crippen MR) is 90.4 cm³/mol. The maximum atomic E-state index is 13.6. The van der Waals surface area contributed by atoms with Crippen molar-refractivity contribution < 1.29 is 22.2 Å². The maximum absolute atomic E-state index is 13.6. The number of tetrazole rings is 1. The molecule has 148 valence electrons. The number of rotatable bonds is 2. The Morgan fingerprint density at radius 2 is 2.18 bits per heavy atom. The standard InChI is InChI=1S/C15H14F3N7O2S/c1-8-3-4-9-10(13(26)21-14-22-23-24-25(14)2)5-6-11(15(16,17)18)12(9)28(8,27)20-7-19/h5-6,8H,3-4H2,1-2H3,(H,21,22,24,26). The van der Waals surface area contributed by atoms with Crippen molar-refractivity contribution in [3.63, 3.8) is 0 Å². The lowest BCUT2D eigenvalue weighted by molar-refractivity contribution is -0.140. The number of halogens is 3. The number of carbonyl (C=O) groups excluding carboxylic acids is 1. The van der Waals surface area contributed by atoms with Crippen LogP contribution in [0.2, 0.25) is 0 Å². The number of alkyl halides is 3. The van der Waals surface area contributed by atoms with Gasteiger partial charge in [-0.05, 0) is 47.9 Å². The van der Waals surface area contributed by atoms with Crippen LogP contribution in [0.25, 0.3) is 0 Å². The van der Waals surface area contributed by atoms with E-state index in [2.05, 4.69) is 25.2 Å². The number of nitriles is 1. The smallest absolute Gasteiger partial charge is 0.289 e. The molecule has 2 aromatic rings. The minimum Gasteiger partial charge on any atom is -0.289 e. The molecule has 3 rings (SSSR count). The van der Waals surface area contributed by atoms with E-state index >= 15 is 0 Å². The van der Waals surface area contributed by atoms with Gasteiger partial charge in [-0.25, -0.2) is 8.89 Å². The number of fused-ring (bicyclic) bond motifs is 1. The molecule has 28 heavy (non-hydrogen) atoms. The van der Waals surface area contributed by atoms with Gasteiger partial charge in [0.1, 0.15) is 0 Å². The fraction of sp³-hybridized carbons (Fsp3) is 0.400. The number of hydrogen-bond acceptors (Lipinski definition) is 7. The second-order valence-electron chi connectivity index (χ2n) is 6.16. The zero-order valence-electron chi connectivity index (χ0n) is 14.7. The van der Waals surface area contributed by atoms with Crippen molar-refractivity contribution in [3.05, 3.63) is 28.8 Å². The Labute approximate surface area is 157 Å². The van der Waals surface area contributed by atoms with E-state index in [1.807, 2.05) is 0 Å². The molecule has 0 aliphatic carbocycles. The summed E-state index contributed by atoms with van der Waals surface area (Å²) >= 11 is 0. The van der Waals surface area contributed by atoms with E-state index in [0.717, 1.165) is 6.07 Å². The van der Waals surface area contributed by atoms with Gasteiger partial charge in [-0.3, -0.25) is 10.1 Å². The zero-order valence-corrected chi connectivity index (χ0v) is 15.5. The van der Waals surface area contributed by atoms with Crippen LogP contribution >= 0.6 is 0 Å². The summed E-state index contributed by atoms with van der Waals surface area (Å²) in [5.74, 6) is -0.763. The van der Waals surface area contributed by atoms with Crippen LogP contribution < -0.4 is 5.32 Å². The number of benzene rings is 1. The third-order valence-electron chi connectivity index (χ3n) is 4.47. The first-order valence-corrected chi connectivity index (χ1v) is 9.58. The fourth-order valence-corrected chi connectivity index (χ4v) is 5.35. The van der Waals surface area contributed by atoms with E-state index in [9.17, 15) is 22.2 Å². The lowest BCUT2D eigenvalue weighted by atomic mass is 9.97. The van der Waals surface area contributed by atoms with Crippen molar-refractivity contribution in [2.24, 2.45) is 11.4 Å². The first-order valence-electron chi connectivity index (χ1n) is 8.00. The largest absolute Gasteiger partial charge is 0.417 e. The van der Waals surface area contributed by atoms with E-state index in [0.29, 0.717) is 6.07 Å². The summed E-state index contributed by atoms with van der Waals surface area (Å²) < 4.78 is 58.6. The van der Waals surface area contributed by atoms with Crippen LogP contribution in [0.4, 0.5) is 19.1 Å². The van der Waals surface area contributed by atoms with Gasteiger partial charge in [0.05, 0.1) is 20.2 Å². The molecule has 2 heterocycles. The number of aromatic nitrogens is 4. The number of carbonyl (C=O) groups is 1. The molecular weight excluding hydrogens is 399 g/mol. The Hall–Kier alpha value is -3.01. The summed E-state index contributed by atoms with van der Waals surface area (Å²) in [6.07, 6.45) is -3.16. The van der Waals surface area contributed by atoms with E-state index in [1.165, 1.54) is 24.8 Å². The number of nitrogens with one attached hydrogen (secondary N) is 1. The first-order chi connectivity index (χ1) is 13.1. The van der Waals surface area contributed by atoms with E-state index in [-0.39, 0.29) is 29.9 Å². The molecule has 9 nitrogen and oxygen atoms in total. The molecule has 1 N–H and O–H groups in total. The third-order valence-corrected chi connectivity index (χ3v) is 7.20. The van der Waals surface area contributed by atoms with Crippen LogP contribution in [-0.4, -0.2) is 35.6 Å². The summed E-state index contributed by atoms with van der Waals surface area (Å²) in [5, 5.41) is 21.1. The van der Waals surface area contributed by atoms with Crippen molar-refractivity contribution >= 4 is 21.6 Å². The molecule has 0 spiro atoms. The van der Waals surface area contributed by atoms with Gasteiger partial charge in [0.25, 0.3) is 5.91 Å². The van der Waals surface area contributed by atoms with Crippen LogP contribution in [0.3, 0.4) is 0 Å². The Balaban J connectivity index is 2.24. The summed E-state index contributed by atoms with van der Waals surface area (Å²) in [6, 6.07) is 1.70. The molecule has 2 unspecified atom stereocenters. The molecule has 0 saturated carbocycles. The van der Waals surface area contributed by atoms with E-state index < -0.39 is 37.5 Å². The molecule has 0 saturated heterocycles. The monoisotopic (exact) mass is 413 g/mol. The zero-order chi connectivity index (χ0) is 20.7. The Kier molecular flexibility index (Phi) is 4.84. The minimum atomic E-state index is -4.82. The molecule has 1 amide bonds. The van der Waals surface area contributed by atoms with Gasteiger partial charge in [-0.2, -0.15) is 18.4 Å². The van der Waals surface area contributed by atoms with Crippen LogP contribution in [0.1, 0.15) is 34.8 Å². The van der Waals surface area contributed by atoms with Gasteiger partial charge in [-0.15, -0.1) is 4.36 Å². The highest BCUT2D eigenvalue weighted by Gasteiger charge is 2.42. The average molecular weight is 413 g/mol. The van der Waals surface area contributed by atoms with Crippen LogP contribution in [-0.2, 0) is 29.4 Å². The first kappa shape index (κ1) is 19.7. The third kappa shape index (κ3) is 3.19. The van der Waals surface area contributed by atoms with Gasteiger partial charge in [0.2, 0.25) is 12.1 Å². The number of anilines is 1. The molecule has 1 aromatic carbocycles. The van der Waals surface area contributed by atoms with E-state index in [1.54, 1.807) is 0 Å². The van der Waals surface area contributed by atoms with Gasteiger partial charge in [0.15, 0.2) is 0 Å². The van der Waals surface area contributed by atoms with Crippen LogP contribution in [0.5, 0.6) is 0 Å². The highest BCUT2D eigenvalue weighted by atomic mass is 32.2. The second-order valence-corrected chi connectivity index (χ2v) is 8.69. The number of aryl methyl sites for hydroxylation is 1. The normalized spacial score (nSPS) is 21.5. The van der Waals surface area contributed by atoms with E-state index in [4.69, 9.17) is 5.26 Å². The quantitative estimate of drug-likeness (QED) is 0.752. The molecular formula is C15H14F3N7O2S. The summed E-state index contributed by atoms with van der Waals surface area (Å²) in [7, 11) is -2.23. The van der Waals surface area contributed by atoms with Crippen LogP contribution in [0.15, 0.2) is 21.4 Å². The Bertz CT molecular complexity index is 1110. The highest BCUT2D eigenvalue weighted by Crippen LogP contribution is 2.42. The number of amides is 1. The van der Waals surface area contributed by atoms with Crippen molar-refractivity contribution in [3.8, 4) is 6.19 Å². The SMILES string of the molecule is CC1CCc2c(C(=O)Nc3nnnn3C)ccc(C(F)(F)F)c2S1(=O)=NC#N. The van der Waals surface area contributed by atoms with Crippen molar-refractivity contribution in [2.75, 3.05) is 5.32 Å². The molecule has 0 fully saturated rings. The molecule has 2 atom stereocenters. The summed E-state index contributed by atoms with van der Waals surface area (Å²) in [6.45, 7) is 1.48.